The first-order chi connectivity index (χ1) is 21.3. The summed E-state index contributed by atoms with van der Waals surface area (Å²) in [4.78, 5) is 10.0. The van der Waals surface area contributed by atoms with Crippen molar-refractivity contribution < 1.29 is 4.42 Å². The van der Waals surface area contributed by atoms with Crippen molar-refractivity contribution in [2.45, 2.75) is 0 Å². The fourth-order valence-corrected chi connectivity index (χ4v) is 5.69. The lowest BCUT2D eigenvalue weighted by Gasteiger charge is -2.11. The first-order valence-electron chi connectivity index (χ1n) is 14.4. The van der Waals surface area contributed by atoms with E-state index >= 15 is 0 Å². The number of para-hydroxylation sites is 1. The highest BCUT2D eigenvalue weighted by molar-refractivity contribution is 6.06. The molecule has 6 aromatic carbocycles. The number of aromatic nitrogens is 2. The van der Waals surface area contributed by atoms with Gasteiger partial charge in [-0.15, -0.1) is 0 Å². The van der Waals surface area contributed by atoms with Gasteiger partial charge in [-0.3, -0.25) is 0 Å². The molecule has 0 saturated carbocycles. The highest BCUT2D eigenvalue weighted by Crippen LogP contribution is 2.34. The summed E-state index contributed by atoms with van der Waals surface area (Å²) in [5, 5.41) is 2.28. The average Bonchev–Trinajstić information content (AvgIpc) is 3.47. The van der Waals surface area contributed by atoms with E-state index in [-0.39, 0.29) is 0 Å². The Morgan fingerprint density at radius 3 is 1.51 bits per heavy atom. The first-order valence-corrected chi connectivity index (χ1v) is 14.4. The second-order valence-corrected chi connectivity index (χ2v) is 10.7. The van der Waals surface area contributed by atoms with Crippen LogP contribution in [0.5, 0.6) is 0 Å². The second kappa shape index (κ2) is 10.6. The number of hydrogen-bond acceptors (Lipinski definition) is 3. The molecule has 0 aliphatic carbocycles. The van der Waals surface area contributed by atoms with Gasteiger partial charge < -0.3 is 4.42 Å². The van der Waals surface area contributed by atoms with Gasteiger partial charge in [0.2, 0.25) is 0 Å². The Hall–Kier alpha value is -5.80. The van der Waals surface area contributed by atoms with Gasteiger partial charge in [0, 0.05) is 27.5 Å². The van der Waals surface area contributed by atoms with E-state index in [9.17, 15) is 0 Å². The minimum atomic E-state index is 0.708. The molecule has 0 radical (unpaired) electrons. The first kappa shape index (κ1) is 25.0. The molecule has 2 aromatic heterocycles. The largest absolute Gasteiger partial charge is 0.456 e. The zero-order valence-corrected chi connectivity index (χ0v) is 23.3. The normalized spacial score (nSPS) is 11.3. The van der Waals surface area contributed by atoms with Gasteiger partial charge in [-0.05, 0) is 52.6 Å². The minimum absolute atomic E-state index is 0.708. The van der Waals surface area contributed by atoms with Crippen LogP contribution in [0, 0.1) is 0 Å². The molecule has 202 valence electrons. The summed E-state index contributed by atoms with van der Waals surface area (Å²) >= 11 is 0. The van der Waals surface area contributed by atoms with Crippen molar-refractivity contribution in [1.29, 1.82) is 0 Å². The number of fused-ring (bicyclic) bond motifs is 3. The Labute approximate surface area is 249 Å². The molecule has 8 aromatic rings. The zero-order chi connectivity index (χ0) is 28.6. The Morgan fingerprint density at radius 2 is 0.837 bits per heavy atom. The van der Waals surface area contributed by atoms with Gasteiger partial charge in [-0.1, -0.05) is 127 Å². The van der Waals surface area contributed by atoms with Crippen molar-refractivity contribution in [1.82, 2.24) is 9.97 Å². The third-order valence-corrected chi connectivity index (χ3v) is 7.91. The molecule has 0 aliphatic rings. The van der Waals surface area contributed by atoms with E-state index in [0.29, 0.717) is 5.82 Å². The minimum Gasteiger partial charge on any atom is -0.456 e. The van der Waals surface area contributed by atoms with Crippen molar-refractivity contribution >= 4 is 21.9 Å². The van der Waals surface area contributed by atoms with E-state index in [1.807, 2.05) is 48.5 Å². The summed E-state index contributed by atoms with van der Waals surface area (Å²) in [6.07, 6.45) is 0. The summed E-state index contributed by atoms with van der Waals surface area (Å²) in [5.41, 5.74) is 11.3. The monoisotopic (exact) mass is 550 g/mol. The lowest BCUT2D eigenvalue weighted by atomic mass is 9.98. The molecule has 3 heteroatoms. The van der Waals surface area contributed by atoms with Crippen molar-refractivity contribution in [2.24, 2.45) is 0 Å². The Balaban J connectivity index is 1.15. The molecule has 0 saturated heterocycles. The molecule has 0 bridgehead atoms. The topological polar surface area (TPSA) is 38.9 Å². The number of benzene rings is 6. The van der Waals surface area contributed by atoms with Crippen LogP contribution in [0.15, 0.2) is 162 Å². The summed E-state index contributed by atoms with van der Waals surface area (Å²) in [6, 6.07) is 54.5. The Morgan fingerprint density at radius 1 is 0.326 bits per heavy atom. The molecule has 0 unspecified atom stereocenters. The molecule has 3 nitrogen and oxygen atoms in total. The average molecular weight is 551 g/mol. The van der Waals surface area contributed by atoms with Crippen LogP contribution >= 0.6 is 0 Å². The van der Waals surface area contributed by atoms with Gasteiger partial charge in [0.25, 0.3) is 0 Å². The maximum absolute atomic E-state index is 6.02. The highest BCUT2D eigenvalue weighted by Gasteiger charge is 2.12. The highest BCUT2D eigenvalue weighted by atomic mass is 16.3. The quantitative estimate of drug-likeness (QED) is 0.214. The third kappa shape index (κ3) is 4.77. The molecule has 43 heavy (non-hydrogen) atoms. The van der Waals surface area contributed by atoms with Gasteiger partial charge in [0.05, 0.1) is 11.4 Å². The summed E-state index contributed by atoms with van der Waals surface area (Å²) < 4.78 is 6.02. The molecule has 2 heterocycles. The predicted molar refractivity (Wildman–Crippen MR) is 176 cm³/mol. The molecule has 0 amide bonds. The van der Waals surface area contributed by atoms with E-state index in [1.54, 1.807) is 0 Å². The standard InChI is InChI=1S/C40H26N2O/c1-3-10-29(11-4-1)36-26-37(30-12-5-2-6-13-30)42-40(41-36)33-15-9-14-31(24-33)27-18-20-28(21-19-27)32-22-23-39-35(25-32)34-16-7-8-17-38(34)43-39/h1-26H. The van der Waals surface area contributed by atoms with Gasteiger partial charge >= 0.3 is 0 Å². The fraction of sp³-hybridized carbons (Fsp3) is 0. The van der Waals surface area contributed by atoms with Crippen LogP contribution in [0.3, 0.4) is 0 Å². The van der Waals surface area contributed by atoms with E-state index in [1.165, 1.54) is 11.1 Å². The Kier molecular flexibility index (Phi) is 6.12. The van der Waals surface area contributed by atoms with Crippen molar-refractivity contribution in [3.8, 4) is 56.2 Å². The predicted octanol–water partition coefficient (Wildman–Crippen LogP) is 10.7. The van der Waals surface area contributed by atoms with Crippen LogP contribution in [0.2, 0.25) is 0 Å². The third-order valence-electron chi connectivity index (χ3n) is 7.91. The molecule has 0 aliphatic heterocycles. The molecular weight excluding hydrogens is 524 g/mol. The molecule has 8 rings (SSSR count). The van der Waals surface area contributed by atoms with Crippen LogP contribution in [-0.4, -0.2) is 9.97 Å². The second-order valence-electron chi connectivity index (χ2n) is 10.7. The van der Waals surface area contributed by atoms with Crippen LogP contribution in [-0.2, 0) is 0 Å². The molecule has 0 fully saturated rings. The van der Waals surface area contributed by atoms with Gasteiger partial charge in [-0.25, -0.2) is 9.97 Å². The van der Waals surface area contributed by atoms with Gasteiger partial charge in [0.15, 0.2) is 5.82 Å². The number of nitrogens with zero attached hydrogens (tertiary/aromatic N) is 2. The van der Waals surface area contributed by atoms with Crippen molar-refractivity contribution in [2.75, 3.05) is 0 Å². The maximum atomic E-state index is 6.02. The maximum Gasteiger partial charge on any atom is 0.160 e. The summed E-state index contributed by atoms with van der Waals surface area (Å²) in [6.45, 7) is 0. The molecule has 0 atom stereocenters. The number of furan rings is 1. The SMILES string of the molecule is c1ccc(-c2cc(-c3ccccc3)nc(-c3cccc(-c4ccc(-c5ccc6oc7ccccc7c6c5)cc4)c3)n2)cc1. The molecule has 0 N–H and O–H groups in total. The van der Waals surface area contributed by atoms with Gasteiger partial charge in [-0.2, -0.15) is 0 Å². The van der Waals surface area contributed by atoms with Gasteiger partial charge in [0.1, 0.15) is 11.2 Å². The van der Waals surface area contributed by atoms with Crippen LogP contribution in [0.4, 0.5) is 0 Å². The van der Waals surface area contributed by atoms with Crippen LogP contribution in [0.25, 0.3) is 78.1 Å². The molecule has 0 spiro atoms. The Bertz CT molecular complexity index is 2160. The molecular formula is C40H26N2O. The summed E-state index contributed by atoms with van der Waals surface area (Å²) in [5.74, 6) is 0.708. The van der Waals surface area contributed by atoms with Crippen LogP contribution in [0.1, 0.15) is 0 Å². The lowest BCUT2D eigenvalue weighted by Crippen LogP contribution is -1.96. The lowest BCUT2D eigenvalue weighted by molar-refractivity contribution is 0.669. The number of hydrogen-bond donors (Lipinski definition) is 0. The van der Waals surface area contributed by atoms with E-state index in [4.69, 9.17) is 14.4 Å². The van der Waals surface area contributed by atoms with Crippen LogP contribution < -0.4 is 0 Å². The number of rotatable bonds is 5. The fourth-order valence-electron chi connectivity index (χ4n) is 5.69. The van der Waals surface area contributed by atoms with E-state index in [0.717, 1.165) is 61.1 Å². The van der Waals surface area contributed by atoms with Crippen molar-refractivity contribution in [3.63, 3.8) is 0 Å². The smallest absolute Gasteiger partial charge is 0.160 e. The van der Waals surface area contributed by atoms with E-state index in [2.05, 4.69) is 109 Å². The van der Waals surface area contributed by atoms with E-state index < -0.39 is 0 Å². The zero-order valence-electron chi connectivity index (χ0n) is 23.3. The summed E-state index contributed by atoms with van der Waals surface area (Å²) in [7, 11) is 0. The van der Waals surface area contributed by atoms with Crippen molar-refractivity contribution in [3.05, 3.63) is 158 Å².